The van der Waals surface area contributed by atoms with Gasteiger partial charge >= 0.3 is 0 Å². The van der Waals surface area contributed by atoms with Crippen molar-refractivity contribution in [2.75, 3.05) is 19.0 Å². The number of para-hydroxylation sites is 2. The van der Waals surface area contributed by atoms with E-state index < -0.39 is 0 Å². The van der Waals surface area contributed by atoms with Crippen LogP contribution in [0.1, 0.15) is 24.0 Å². The van der Waals surface area contributed by atoms with Crippen molar-refractivity contribution in [3.05, 3.63) is 59.7 Å². The molecule has 2 aromatic rings. The van der Waals surface area contributed by atoms with Crippen LogP contribution in [0.25, 0.3) is 0 Å². The van der Waals surface area contributed by atoms with Crippen molar-refractivity contribution in [1.29, 1.82) is 0 Å². The molecule has 136 valence electrons. The minimum absolute atomic E-state index is 0.223. The number of hydrogen-bond acceptors (Lipinski definition) is 3. The van der Waals surface area contributed by atoms with Gasteiger partial charge in [-0.1, -0.05) is 36.4 Å². The zero-order valence-electron chi connectivity index (χ0n) is 14.9. The normalized spacial score (nSPS) is 14.6. The second-order valence-electron chi connectivity index (χ2n) is 6.21. The van der Waals surface area contributed by atoms with Crippen molar-refractivity contribution < 1.29 is 9.53 Å². The Morgan fingerprint density at radius 2 is 1.92 bits per heavy atom. The van der Waals surface area contributed by atoms with Gasteiger partial charge in [0.2, 0.25) is 5.91 Å². The predicted molar refractivity (Wildman–Crippen MR) is 103 cm³/mol. The van der Waals surface area contributed by atoms with Crippen molar-refractivity contribution in [2.45, 2.75) is 25.9 Å². The maximum atomic E-state index is 11.9. The number of nitrogens with zero attached hydrogens (tertiary/aromatic N) is 2. The van der Waals surface area contributed by atoms with Gasteiger partial charge in [-0.3, -0.25) is 4.79 Å². The van der Waals surface area contributed by atoms with Gasteiger partial charge in [0.25, 0.3) is 0 Å². The van der Waals surface area contributed by atoms with Crippen LogP contribution in [0, 0.1) is 0 Å². The number of carbonyl (C=O) groups is 1. The smallest absolute Gasteiger partial charge is 0.222 e. The molecule has 2 aromatic carbocycles. The molecule has 6 nitrogen and oxygen atoms in total. The highest BCUT2D eigenvalue weighted by Crippen LogP contribution is 2.23. The van der Waals surface area contributed by atoms with Gasteiger partial charge in [-0.25, -0.2) is 4.99 Å². The average Bonchev–Trinajstić information content (AvgIpc) is 3.06. The lowest BCUT2D eigenvalue weighted by Crippen LogP contribution is -2.25. The van der Waals surface area contributed by atoms with E-state index in [1.165, 1.54) is 0 Å². The monoisotopic (exact) mass is 352 g/mol. The number of ether oxygens (including phenoxy) is 1. The number of nitrogens with two attached hydrogens (primary N) is 1. The molecule has 0 aromatic heterocycles. The van der Waals surface area contributed by atoms with Crippen molar-refractivity contribution >= 4 is 17.6 Å². The molecule has 1 amide bonds. The minimum Gasteiger partial charge on any atom is -0.495 e. The molecule has 0 saturated carbocycles. The van der Waals surface area contributed by atoms with Crippen LogP contribution in [-0.2, 0) is 17.9 Å². The van der Waals surface area contributed by atoms with E-state index in [0.717, 1.165) is 29.8 Å². The third-order valence-corrected chi connectivity index (χ3v) is 4.44. The number of nitrogens with one attached hydrogen (secondary N) is 1. The van der Waals surface area contributed by atoms with Crippen molar-refractivity contribution in [1.82, 2.24) is 4.90 Å². The number of anilines is 1. The largest absolute Gasteiger partial charge is 0.495 e. The Balaban J connectivity index is 1.68. The van der Waals surface area contributed by atoms with Crippen LogP contribution < -0.4 is 15.8 Å². The van der Waals surface area contributed by atoms with E-state index in [2.05, 4.69) is 10.3 Å². The Labute approximate surface area is 153 Å². The summed E-state index contributed by atoms with van der Waals surface area (Å²) >= 11 is 0. The van der Waals surface area contributed by atoms with E-state index in [1.54, 1.807) is 7.11 Å². The first-order valence-corrected chi connectivity index (χ1v) is 8.72. The van der Waals surface area contributed by atoms with Crippen LogP contribution in [0.5, 0.6) is 5.75 Å². The third kappa shape index (κ3) is 4.33. The van der Waals surface area contributed by atoms with Gasteiger partial charge in [-0.15, -0.1) is 0 Å². The summed E-state index contributed by atoms with van der Waals surface area (Å²) in [5.74, 6) is 1.25. The lowest BCUT2D eigenvalue weighted by molar-refractivity contribution is -0.128. The lowest BCUT2D eigenvalue weighted by atomic mass is 10.1. The summed E-state index contributed by atoms with van der Waals surface area (Å²) in [7, 11) is 1.61. The highest BCUT2D eigenvalue weighted by molar-refractivity contribution is 5.93. The Kier molecular flexibility index (Phi) is 5.73. The molecule has 1 aliphatic heterocycles. The fraction of sp³-hybridized carbons (Fsp3) is 0.300. The number of aliphatic imine (C=N–C) groups is 1. The fourth-order valence-electron chi connectivity index (χ4n) is 3.04. The van der Waals surface area contributed by atoms with Crippen LogP contribution in [0.4, 0.5) is 5.69 Å². The topological polar surface area (TPSA) is 80.0 Å². The summed E-state index contributed by atoms with van der Waals surface area (Å²) in [5.41, 5.74) is 8.98. The standard InChI is InChI=1S/C20H24N4O2/c1-26-18-10-5-4-9-17(18)23-20(21)22-13-15-7-2-3-8-16(15)14-24-12-6-11-19(24)25/h2-5,7-10H,6,11-14H2,1H3,(H3,21,22,23). The van der Waals surface area contributed by atoms with Crippen molar-refractivity contribution in [3.8, 4) is 5.75 Å². The number of hydrogen-bond donors (Lipinski definition) is 2. The number of amides is 1. The SMILES string of the molecule is COc1ccccc1NC(N)=NCc1ccccc1CN1CCCC1=O. The molecule has 0 unspecified atom stereocenters. The zero-order chi connectivity index (χ0) is 18.4. The Hall–Kier alpha value is -3.02. The second kappa shape index (κ2) is 8.38. The molecule has 1 saturated heterocycles. The van der Waals surface area contributed by atoms with Crippen LogP contribution in [0.2, 0.25) is 0 Å². The molecular weight excluding hydrogens is 328 g/mol. The lowest BCUT2D eigenvalue weighted by Gasteiger charge is -2.17. The Morgan fingerprint density at radius 1 is 1.19 bits per heavy atom. The molecule has 1 aliphatic rings. The van der Waals surface area contributed by atoms with E-state index in [-0.39, 0.29) is 5.91 Å². The van der Waals surface area contributed by atoms with E-state index in [4.69, 9.17) is 10.5 Å². The zero-order valence-corrected chi connectivity index (χ0v) is 14.9. The number of benzene rings is 2. The maximum Gasteiger partial charge on any atom is 0.222 e. The van der Waals surface area contributed by atoms with Gasteiger partial charge < -0.3 is 20.7 Å². The van der Waals surface area contributed by atoms with Gasteiger partial charge in [0.05, 0.1) is 19.3 Å². The molecule has 26 heavy (non-hydrogen) atoms. The number of guanidine groups is 1. The summed E-state index contributed by atoms with van der Waals surface area (Å²) in [4.78, 5) is 18.2. The van der Waals surface area contributed by atoms with Gasteiger partial charge in [-0.2, -0.15) is 0 Å². The highest BCUT2D eigenvalue weighted by Gasteiger charge is 2.20. The van der Waals surface area contributed by atoms with Crippen LogP contribution in [-0.4, -0.2) is 30.4 Å². The summed E-state index contributed by atoms with van der Waals surface area (Å²) in [6.07, 6.45) is 1.59. The Morgan fingerprint density at radius 3 is 2.65 bits per heavy atom. The number of likely N-dealkylation sites (tertiary alicyclic amines) is 1. The molecule has 3 N–H and O–H groups in total. The molecule has 0 aliphatic carbocycles. The minimum atomic E-state index is 0.223. The summed E-state index contributed by atoms with van der Waals surface area (Å²) < 4.78 is 5.30. The van der Waals surface area contributed by atoms with Crippen LogP contribution in [0.3, 0.4) is 0 Å². The fourth-order valence-corrected chi connectivity index (χ4v) is 3.04. The van der Waals surface area contributed by atoms with E-state index in [9.17, 15) is 4.79 Å². The molecule has 0 radical (unpaired) electrons. The average molecular weight is 352 g/mol. The first-order chi connectivity index (χ1) is 12.7. The first-order valence-electron chi connectivity index (χ1n) is 8.72. The predicted octanol–water partition coefficient (Wildman–Crippen LogP) is 2.74. The van der Waals surface area contributed by atoms with Gasteiger partial charge in [0.15, 0.2) is 5.96 Å². The van der Waals surface area contributed by atoms with Crippen LogP contribution in [0.15, 0.2) is 53.5 Å². The van der Waals surface area contributed by atoms with Crippen molar-refractivity contribution in [2.24, 2.45) is 10.7 Å². The molecule has 1 fully saturated rings. The first kappa shape index (κ1) is 17.8. The summed E-state index contributed by atoms with van der Waals surface area (Å²) in [6.45, 7) is 1.91. The molecule has 0 bridgehead atoms. The van der Waals surface area contributed by atoms with Gasteiger partial charge in [0, 0.05) is 19.5 Å². The van der Waals surface area contributed by atoms with Gasteiger partial charge in [-0.05, 0) is 29.7 Å². The maximum absolute atomic E-state index is 11.9. The summed E-state index contributed by atoms with van der Waals surface area (Å²) in [6, 6.07) is 15.6. The van der Waals surface area contributed by atoms with Crippen molar-refractivity contribution in [3.63, 3.8) is 0 Å². The summed E-state index contributed by atoms with van der Waals surface area (Å²) in [5, 5.41) is 3.07. The van der Waals surface area contributed by atoms with E-state index >= 15 is 0 Å². The van der Waals surface area contributed by atoms with Gasteiger partial charge in [0.1, 0.15) is 5.75 Å². The third-order valence-electron chi connectivity index (χ3n) is 4.44. The highest BCUT2D eigenvalue weighted by atomic mass is 16.5. The molecule has 0 spiro atoms. The number of methoxy groups -OCH3 is 1. The number of carbonyl (C=O) groups excluding carboxylic acids is 1. The van der Waals surface area contributed by atoms with E-state index in [1.807, 2.05) is 53.4 Å². The Bertz CT molecular complexity index is 804. The second-order valence-corrected chi connectivity index (χ2v) is 6.21. The molecule has 1 heterocycles. The van der Waals surface area contributed by atoms with Crippen LogP contribution >= 0.6 is 0 Å². The molecule has 3 rings (SSSR count). The molecule has 0 atom stereocenters. The van der Waals surface area contributed by atoms with E-state index in [0.29, 0.717) is 31.2 Å². The molecule has 6 heteroatoms. The number of rotatable bonds is 6. The molecular formula is C20H24N4O2. The quantitative estimate of drug-likeness (QED) is 0.619.